The lowest BCUT2D eigenvalue weighted by Crippen LogP contribution is -2.33. The molecule has 0 spiro atoms. The lowest BCUT2D eigenvalue weighted by Gasteiger charge is -2.25. The number of nitrogens with zero attached hydrogens (tertiary/aromatic N) is 1. The van der Waals surface area contributed by atoms with E-state index in [0.29, 0.717) is 6.02 Å². The number of nitrogens with two attached hydrogens (primary N) is 1. The van der Waals surface area contributed by atoms with Crippen molar-refractivity contribution in [1.29, 1.82) is 0 Å². The van der Waals surface area contributed by atoms with Crippen molar-refractivity contribution in [3.8, 4) is 0 Å². The summed E-state index contributed by atoms with van der Waals surface area (Å²) in [6, 6.07) is 0.368. The molecule has 1 rings (SSSR count). The van der Waals surface area contributed by atoms with Crippen LogP contribution in [0, 0.1) is 0 Å². The summed E-state index contributed by atoms with van der Waals surface area (Å²) in [5.74, 6) is 0. The van der Waals surface area contributed by atoms with Gasteiger partial charge in [-0.05, 0) is 19.3 Å². The highest BCUT2D eigenvalue weighted by atomic mass is 16.5. The Kier molecular flexibility index (Phi) is 2.95. The van der Waals surface area contributed by atoms with Crippen LogP contribution in [0.5, 0.6) is 0 Å². The van der Waals surface area contributed by atoms with Crippen LogP contribution < -0.4 is 5.73 Å². The second-order valence-corrected chi connectivity index (χ2v) is 3.40. The summed E-state index contributed by atoms with van der Waals surface area (Å²) in [6.07, 6.45) is 4.46. The Morgan fingerprint density at radius 1 is 1.58 bits per heavy atom. The quantitative estimate of drug-likeness (QED) is 0.697. The van der Waals surface area contributed by atoms with Gasteiger partial charge in [0.1, 0.15) is 5.60 Å². The van der Waals surface area contributed by atoms with E-state index >= 15 is 0 Å². The first-order valence-corrected chi connectivity index (χ1v) is 4.71. The summed E-state index contributed by atoms with van der Waals surface area (Å²) in [6.45, 7) is 5.06. The molecule has 0 bridgehead atoms. The Morgan fingerprint density at radius 2 is 2.33 bits per heavy atom. The maximum Gasteiger partial charge on any atom is 0.282 e. The van der Waals surface area contributed by atoms with Gasteiger partial charge in [0.05, 0.1) is 6.54 Å². The standard InChI is InChI=1S/C9H18N2O/c1-3-5-6-9(4-2)7-11-8(10)12-9/h3-7H2,1-2H3,(H2,10,11). The number of ether oxygens (including phenoxy) is 1. The van der Waals surface area contributed by atoms with Gasteiger partial charge < -0.3 is 10.5 Å². The molecule has 0 aromatic rings. The molecule has 0 radical (unpaired) electrons. The molecule has 0 saturated heterocycles. The van der Waals surface area contributed by atoms with Gasteiger partial charge in [0.2, 0.25) is 0 Å². The van der Waals surface area contributed by atoms with Crippen molar-refractivity contribution in [2.24, 2.45) is 10.7 Å². The monoisotopic (exact) mass is 170 g/mol. The van der Waals surface area contributed by atoms with Gasteiger partial charge in [0, 0.05) is 0 Å². The van der Waals surface area contributed by atoms with Gasteiger partial charge >= 0.3 is 0 Å². The Hall–Kier alpha value is -0.730. The molecule has 0 aliphatic carbocycles. The Balaban J connectivity index is 2.44. The predicted octanol–water partition coefficient (Wildman–Crippen LogP) is 1.67. The maximum atomic E-state index is 5.53. The zero-order valence-corrected chi connectivity index (χ0v) is 7.97. The van der Waals surface area contributed by atoms with Crippen molar-refractivity contribution in [2.75, 3.05) is 6.54 Å². The smallest absolute Gasteiger partial charge is 0.282 e. The van der Waals surface area contributed by atoms with Crippen LogP contribution in [0.3, 0.4) is 0 Å². The summed E-state index contributed by atoms with van der Waals surface area (Å²) in [4.78, 5) is 4.09. The highest BCUT2D eigenvalue weighted by molar-refractivity contribution is 5.73. The molecule has 1 aliphatic rings. The first-order valence-electron chi connectivity index (χ1n) is 4.71. The molecule has 12 heavy (non-hydrogen) atoms. The van der Waals surface area contributed by atoms with Crippen LogP contribution in [0.2, 0.25) is 0 Å². The van der Waals surface area contributed by atoms with E-state index in [9.17, 15) is 0 Å². The minimum absolute atomic E-state index is 0.0694. The largest absolute Gasteiger partial charge is 0.457 e. The fourth-order valence-electron chi connectivity index (χ4n) is 1.50. The number of hydrogen-bond donors (Lipinski definition) is 1. The van der Waals surface area contributed by atoms with Crippen LogP contribution >= 0.6 is 0 Å². The van der Waals surface area contributed by atoms with Gasteiger partial charge in [-0.15, -0.1) is 0 Å². The molecular formula is C9H18N2O. The average molecular weight is 170 g/mol. The Bertz CT molecular complexity index is 179. The summed E-state index contributed by atoms with van der Waals surface area (Å²) in [5, 5.41) is 0. The third-order valence-electron chi connectivity index (χ3n) is 2.47. The topological polar surface area (TPSA) is 47.6 Å². The minimum atomic E-state index is -0.0694. The summed E-state index contributed by atoms with van der Waals surface area (Å²) in [5.41, 5.74) is 5.42. The summed E-state index contributed by atoms with van der Waals surface area (Å²) >= 11 is 0. The van der Waals surface area contributed by atoms with E-state index in [-0.39, 0.29) is 5.60 Å². The molecule has 1 unspecified atom stereocenters. The summed E-state index contributed by atoms with van der Waals surface area (Å²) in [7, 11) is 0. The molecule has 0 amide bonds. The summed E-state index contributed by atoms with van der Waals surface area (Å²) < 4.78 is 5.53. The second kappa shape index (κ2) is 3.78. The maximum absolute atomic E-state index is 5.53. The Morgan fingerprint density at radius 3 is 2.75 bits per heavy atom. The van der Waals surface area contributed by atoms with E-state index in [4.69, 9.17) is 10.5 Å². The van der Waals surface area contributed by atoms with Gasteiger partial charge in [-0.25, -0.2) is 4.99 Å². The van der Waals surface area contributed by atoms with Gasteiger partial charge in [0.15, 0.2) is 0 Å². The van der Waals surface area contributed by atoms with E-state index in [1.165, 1.54) is 12.8 Å². The molecule has 2 N–H and O–H groups in total. The van der Waals surface area contributed by atoms with Gasteiger partial charge in [-0.2, -0.15) is 0 Å². The van der Waals surface area contributed by atoms with Crippen molar-refractivity contribution >= 4 is 6.02 Å². The van der Waals surface area contributed by atoms with Crippen LogP contribution in [0.15, 0.2) is 4.99 Å². The van der Waals surface area contributed by atoms with Crippen molar-refractivity contribution < 1.29 is 4.74 Å². The zero-order chi connectivity index (χ0) is 9.03. The number of rotatable bonds is 4. The molecule has 3 nitrogen and oxygen atoms in total. The van der Waals surface area contributed by atoms with Gasteiger partial charge in [-0.1, -0.05) is 20.3 Å². The number of amidine groups is 1. The first-order chi connectivity index (χ1) is 5.72. The molecule has 0 aromatic carbocycles. The fraction of sp³-hybridized carbons (Fsp3) is 0.889. The van der Waals surface area contributed by atoms with E-state index in [2.05, 4.69) is 18.8 Å². The molecule has 3 heteroatoms. The SMILES string of the molecule is CCCCC1(CC)CN=C(N)O1. The van der Waals surface area contributed by atoms with E-state index in [1.54, 1.807) is 0 Å². The first kappa shape index (κ1) is 9.36. The van der Waals surface area contributed by atoms with Crippen LogP contribution in [0.1, 0.15) is 39.5 Å². The van der Waals surface area contributed by atoms with Gasteiger partial charge in [0.25, 0.3) is 6.02 Å². The Labute approximate surface area is 74.0 Å². The van der Waals surface area contributed by atoms with E-state index < -0.39 is 0 Å². The normalized spacial score (nSPS) is 28.3. The van der Waals surface area contributed by atoms with Crippen LogP contribution in [0.4, 0.5) is 0 Å². The van der Waals surface area contributed by atoms with Crippen molar-refractivity contribution in [3.63, 3.8) is 0 Å². The van der Waals surface area contributed by atoms with Crippen molar-refractivity contribution in [1.82, 2.24) is 0 Å². The number of aliphatic imine (C=N–C) groups is 1. The molecule has 0 saturated carbocycles. The predicted molar refractivity (Wildman–Crippen MR) is 50.1 cm³/mol. The molecule has 1 heterocycles. The van der Waals surface area contributed by atoms with Crippen molar-refractivity contribution in [3.05, 3.63) is 0 Å². The molecule has 0 fully saturated rings. The lowest BCUT2D eigenvalue weighted by atomic mass is 9.94. The highest BCUT2D eigenvalue weighted by Crippen LogP contribution is 2.27. The van der Waals surface area contributed by atoms with Crippen molar-refractivity contribution in [2.45, 2.75) is 45.1 Å². The molecule has 70 valence electrons. The van der Waals surface area contributed by atoms with Gasteiger partial charge in [-0.3, -0.25) is 0 Å². The zero-order valence-electron chi connectivity index (χ0n) is 7.97. The molecule has 0 aromatic heterocycles. The third-order valence-corrected chi connectivity index (χ3v) is 2.47. The minimum Gasteiger partial charge on any atom is -0.457 e. The number of hydrogen-bond acceptors (Lipinski definition) is 3. The van der Waals surface area contributed by atoms with Crippen LogP contribution in [-0.4, -0.2) is 18.2 Å². The highest BCUT2D eigenvalue weighted by Gasteiger charge is 2.34. The lowest BCUT2D eigenvalue weighted by molar-refractivity contribution is 0.0692. The second-order valence-electron chi connectivity index (χ2n) is 3.40. The molecule has 1 aliphatic heterocycles. The third kappa shape index (κ3) is 1.90. The molecule has 1 atom stereocenters. The average Bonchev–Trinajstić information content (AvgIpc) is 2.45. The number of unbranched alkanes of at least 4 members (excludes halogenated alkanes) is 1. The van der Waals surface area contributed by atoms with E-state index in [0.717, 1.165) is 19.4 Å². The fourth-order valence-corrected chi connectivity index (χ4v) is 1.50. The van der Waals surface area contributed by atoms with Crippen LogP contribution in [0.25, 0.3) is 0 Å². The molecular weight excluding hydrogens is 152 g/mol. The van der Waals surface area contributed by atoms with Crippen LogP contribution in [-0.2, 0) is 4.74 Å². The van der Waals surface area contributed by atoms with E-state index in [1.807, 2.05) is 0 Å².